The second-order valence-electron chi connectivity index (χ2n) is 5.21. The Balaban J connectivity index is 2.32. The number of anilines is 1. The van der Waals surface area contributed by atoms with Crippen LogP contribution in [0.3, 0.4) is 0 Å². The van der Waals surface area contributed by atoms with Crippen molar-refractivity contribution in [2.45, 2.75) is 6.92 Å². The van der Waals surface area contributed by atoms with Crippen molar-refractivity contribution in [1.82, 2.24) is 0 Å². The number of carbonyl (C=O) groups excluding carboxylic acids is 1. The Morgan fingerprint density at radius 1 is 1.28 bits per heavy atom. The van der Waals surface area contributed by atoms with E-state index in [2.05, 4.69) is 16.6 Å². The zero-order valence-corrected chi connectivity index (χ0v) is 14.2. The first-order valence-corrected chi connectivity index (χ1v) is 8.04. The normalized spacial score (nSPS) is 13.1. The zero-order valence-electron chi connectivity index (χ0n) is 13.4. The number of rotatable bonds is 3. The summed E-state index contributed by atoms with van der Waals surface area (Å²) in [5.41, 5.74) is 5.62. The lowest BCUT2D eigenvalue weighted by atomic mass is 9.90. The molecule has 0 bridgehead atoms. The van der Waals surface area contributed by atoms with Crippen molar-refractivity contribution in [3.8, 4) is 6.07 Å². The number of nitrogens with zero attached hydrogens (tertiary/aromatic N) is 2. The number of carbonyl (C=O) groups is 1. The van der Waals surface area contributed by atoms with Gasteiger partial charge in [0, 0.05) is 16.2 Å². The number of hydrazone groups is 1. The van der Waals surface area contributed by atoms with Gasteiger partial charge in [-0.25, -0.2) is 4.79 Å². The van der Waals surface area contributed by atoms with Gasteiger partial charge in [-0.15, -0.1) is 0 Å². The Labute approximate surface area is 150 Å². The van der Waals surface area contributed by atoms with Crippen molar-refractivity contribution in [1.29, 1.82) is 5.26 Å². The molecule has 1 N–H and O–H groups in total. The van der Waals surface area contributed by atoms with E-state index in [4.69, 9.17) is 16.3 Å². The molecule has 0 atom stereocenters. The van der Waals surface area contributed by atoms with E-state index in [9.17, 15) is 10.1 Å². The molecule has 2 aromatic carbocycles. The summed E-state index contributed by atoms with van der Waals surface area (Å²) in [4.78, 5) is 12.3. The van der Waals surface area contributed by atoms with Crippen LogP contribution in [0.1, 0.15) is 18.1 Å². The van der Waals surface area contributed by atoms with Crippen LogP contribution < -0.4 is 5.43 Å². The summed E-state index contributed by atoms with van der Waals surface area (Å²) in [5, 5.41) is 14.4. The average molecular weight is 352 g/mol. The molecule has 0 spiro atoms. The second kappa shape index (κ2) is 7.20. The minimum atomic E-state index is -0.654. The number of hydrogen-bond acceptors (Lipinski definition) is 5. The van der Waals surface area contributed by atoms with Gasteiger partial charge in [0.2, 0.25) is 0 Å². The third-order valence-corrected chi connectivity index (χ3v) is 3.90. The molecular weight excluding hydrogens is 338 g/mol. The van der Waals surface area contributed by atoms with Gasteiger partial charge < -0.3 is 4.74 Å². The van der Waals surface area contributed by atoms with E-state index >= 15 is 0 Å². The molecule has 1 aliphatic heterocycles. The third kappa shape index (κ3) is 3.25. The van der Waals surface area contributed by atoms with Gasteiger partial charge in [0.05, 0.1) is 17.9 Å². The van der Waals surface area contributed by atoms with Crippen LogP contribution in [0.4, 0.5) is 5.69 Å². The minimum absolute atomic E-state index is 0.0597. The van der Waals surface area contributed by atoms with Gasteiger partial charge in [-0.05, 0) is 30.7 Å². The summed E-state index contributed by atoms with van der Waals surface area (Å²) < 4.78 is 5.05. The number of hydrogen-bond donors (Lipinski definition) is 1. The lowest BCUT2D eigenvalue weighted by molar-refractivity contribution is -0.134. The quantitative estimate of drug-likeness (QED) is 0.848. The molecule has 0 aliphatic carbocycles. The molecule has 0 saturated carbocycles. The van der Waals surface area contributed by atoms with E-state index in [1.54, 1.807) is 25.1 Å². The van der Waals surface area contributed by atoms with Crippen molar-refractivity contribution in [2.75, 3.05) is 12.0 Å². The van der Waals surface area contributed by atoms with Gasteiger partial charge in [0.15, 0.2) is 5.71 Å². The number of benzene rings is 2. The fourth-order valence-electron chi connectivity index (χ4n) is 2.61. The SMILES string of the molecule is CCOC(=O)C1=NNc2ccc(Cl)cc2C(c2ccccc2)=C1C#N. The second-order valence-corrected chi connectivity index (χ2v) is 5.65. The fraction of sp³-hybridized carbons (Fsp3) is 0.105. The standard InChI is InChI=1S/C19H14ClN3O2/c1-2-25-19(24)18-15(11-21)17(12-6-4-3-5-7-12)14-10-13(20)8-9-16(14)22-23-18/h3-10,22H,2H2,1H3. The van der Waals surface area contributed by atoms with Crippen LogP contribution in [0.5, 0.6) is 0 Å². The molecular formula is C19H14ClN3O2. The van der Waals surface area contributed by atoms with Gasteiger partial charge in [-0.2, -0.15) is 10.4 Å². The van der Waals surface area contributed by atoms with E-state index in [-0.39, 0.29) is 17.9 Å². The highest BCUT2D eigenvalue weighted by molar-refractivity contribution is 6.46. The topological polar surface area (TPSA) is 74.5 Å². The lowest BCUT2D eigenvalue weighted by Gasteiger charge is -2.13. The Morgan fingerprint density at radius 2 is 2.04 bits per heavy atom. The van der Waals surface area contributed by atoms with Crippen LogP contribution in [0, 0.1) is 11.3 Å². The van der Waals surface area contributed by atoms with Gasteiger partial charge in [0.1, 0.15) is 6.07 Å². The molecule has 6 heteroatoms. The van der Waals surface area contributed by atoms with Gasteiger partial charge in [-0.1, -0.05) is 41.9 Å². The zero-order chi connectivity index (χ0) is 17.8. The van der Waals surface area contributed by atoms with E-state index < -0.39 is 5.97 Å². The molecule has 2 aromatic rings. The summed E-state index contributed by atoms with van der Waals surface area (Å²) in [6.07, 6.45) is 0. The maximum Gasteiger partial charge on any atom is 0.360 e. The Kier molecular flexibility index (Phi) is 4.82. The summed E-state index contributed by atoms with van der Waals surface area (Å²) in [5.74, 6) is -0.654. The lowest BCUT2D eigenvalue weighted by Crippen LogP contribution is -2.21. The molecule has 3 rings (SSSR count). The molecule has 25 heavy (non-hydrogen) atoms. The fourth-order valence-corrected chi connectivity index (χ4v) is 2.78. The molecule has 124 valence electrons. The first-order valence-electron chi connectivity index (χ1n) is 7.66. The molecule has 1 aliphatic rings. The van der Waals surface area contributed by atoms with E-state index in [0.29, 0.717) is 21.8 Å². The minimum Gasteiger partial charge on any atom is -0.461 e. The Hall–Kier alpha value is -3.10. The number of nitrogens with one attached hydrogen (secondary N) is 1. The number of esters is 1. The van der Waals surface area contributed by atoms with Crippen LogP contribution in [-0.4, -0.2) is 18.3 Å². The highest BCUT2D eigenvalue weighted by Gasteiger charge is 2.27. The number of halogens is 1. The smallest absolute Gasteiger partial charge is 0.360 e. The molecule has 0 radical (unpaired) electrons. The van der Waals surface area contributed by atoms with Gasteiger partial charge >= 0.3 is 5.97 Å². The van der Waals surface area contributed by atoms with Crippen molar-refractivity contribution in [3.05, 3.63) is 70.3 Å². The summed E-state index contributed by atoms with van der Waals surface area (Å²) in [7, 11) is 0. The van der Waals surface area contributed by atoms with Crippen LogP contribution in [0.15, 0.2) is 59.2 Å². The van der Waals surface area contributed by atoms with Crippen molar-refractivity contribution in [3.63, 3.8) is 0 Å². The van der Waals surface area contributed by atoms with Crippen molar-refractivity contribution in [2.24, 2.45) is 5.10 Å². The van der Waals surface area contributed by atoms with Crippen molar-refractivity contribution < 1.29 is 9.53 Å². The van der Waals surface area contributed by atoms with Crippen LogP contribution in [0.2, 0.25) is 5.02 Å². The van der Waals surface area contributed by atoms with Gasteiger partial charge in [0.25, 0.3) is 0 Å². The highest BCUT2D eigenvalue weighted by Crippen LogP contribution is 2.36. The molecule has 0 fully saturated rings. The van der Waals surface area contributed by atoms with Crippen molar-refractivity contribution >= 4 is 34.5 Å². The third-order valence-electron chi connectivity index (χ3n) is 3.67. The Morgan fingerprint density at radius 3 is 2.72 bits per heavy atom. The molecule has 0 aromatic heterocycles. The molecule has 0 amide bonds. The summed E-state index contributed by atoms with van der Waals surface area (Å²) in [6, 6.07) is 16.7. The van der Waals surface area contributed by atoms with Crippen LogP contribution in [-0.2, 0) is 9.53 Å². The van der Waals surface area contributed by atoms with Crippen LogP contribution >= 0.6 is 11.6 Å². The number of ether oxygens (including phenoxy) is 1. The summed E-state index contributed by atoms with van der Waals surface area (Å²) >= 11 is 6.16. The molecule has 5 nitrogen and oxygen atoms in total. The predicted octanol–water partition coefficient (Wildman–Crippen LogP) is 4.01. The molecule has 0 saturated heterocycles. The van der Waals surface area contributed by atoms with Gasteiger partial charge in [-0.3, -0.25) is 5.43 Å². The number of fused-ring (bicyclic) bond motifs is 1. The predicted molar refractivity (Wildman–Crippen MR) is 97.2 cm³/mol. The Bertz CT molecular complexity index is 927. The summed E-state index contributed by atoms with van der Waals surface area (Å²) in [6.45, 7) is 1.89. The van der Waals surface area contributed by atoms with Crippen LogP contribution in [0.25, 0.3) is 5.57 Å². The first kappa shape index (κ1) is 16.7. The maximum atomic E-state index is 12.3. The van der Waals surface area contributed by atoms with E-state index in [1.165, 1.54) is 0 Å². The first-order chi connectivity index (χ1) is 12.2. The van der Waals surface area contributed by atoms with E-state index in [1.807, 2.05) is 30.3 Å². The highest BCUT2D eigenvalue weighted by atomic mass is 35.5. The molecule has 0 unspecified atom stereocenters. The maximum absolute atomic E-state index is 12.3. The largest absolute Gasteiger partial charge is 0.461 e. The van der Waals surface area contributed by atoms with E-state index in [0.717, 1.165) is 5.56 Å². The molecule has 1 heterocycles. The average Bonchev–Trinajstić information content (AvgIpc) is 2.78. The monoisotopic (exact) mass is 351 g/mol. The number of nitriles is 1.